The molecular weight excluding hydrogens is 154 g/mol. The lowest BCUT2D eigenvalue weighted by molar-refractivity contribution is 0.930. The predicted octanol–water partition coefficient (Wildman–Crippen LogP) is 0.202. The Morgan fingerprint density at radius 3 is 2.83 bits per heavy atom. The zero-order valence-electron chi connectivity index (χ0n) is 6.65. The second-order valence-corrected chi connectivity index (χ2v) is 2.66. The van der Waals surface area contributed by atoms with E-state index in [1.807, 2.05) is 13.0 Å². The summed E-state index contributed by atoms with van der Waals surface area (Å²) in [5, 5.41) is 4.13. The second-order valence-electron chi connectivity index (χ2n) is 2.66. The molecule has 0 bridgehead atoms. The van der Waals surface area contributed by atoms with Crippen molar-refractivity contribution in [2.45, 2.75) is 6.92 Å². The average molecular weight is 163 g/mol. The minimum Gasteiger partial charge on any atom is -0.384 e. The number of rotatable bonds is 0. The van der Waals surface area contributed by atoms with Crippen LogP contribution in [0.1, 0.15) is 5.69 Å². The first-order valence-corrected chi connectivity index (χ1v) is 3.55. The number of nitrogen functional groups attached to an aromatic ring is 2. The van der Waals surface area contributed by atoms with Gasteiger partial charge in [-0.15, -0.1) is 0 Å². The smallest absolute Gasteiger partial charge is 0.159 e. The van der Waals surface area contributed by atoms with Crippen LogP contribution in [0.5, 0.6) is 0 Å². The largest absolute Gasteiger partial charge is 0.384 e. The molecule has 62 valence electrons. The van der Waals surface area contributed by atoms with Gasteiger partial charge in [-0.3, -0.25) is 0 Å². The lowest BCUT2D eigenvalue weighted by Gasteiger charge is -1.98. The molecule has 2 aromatic rings. The molecule has 0 aliphatic rings. The molecule has 5 heteroatoms. The van der Waals surface area contributed by atoms with Crippen LogP contribution in [0.3, 0.4) is 0 Å². The maximum atomic E-state index is 5.65. The van der Waals surface area contributed by atoms with E-state index in [1.54, 1.807) is 10.6 Å². The van der Waals surface area contributed by atoms with Gasteiger partial charge in [-0.2, -0.15) is 9.61 Å². The first-order chi connectivity index (χ1) is 5.66. The van der Waals surface area contributed by atoms with E-state index >= 15 is 0 Å². The number of fused-ring (bicyclic) bond motifs is 1. The number of anilines is 2. The van der Waals surface area contributed by atoms with Crippen LogP contribution in [-0.4, -0.2) is 14.6 Å². The highest BCUT2D eigenvalue weighted by atomic mass is 15.3. The topological polar surface area (TPSA) is 82.2 Å². The van der Waals surface area contributed by atoms with Gasteiger partial charge in [-0.25, -0.2) is 4.98 Å². The van der Waals surface area contributed by atoms with Gasteiger partial charge in [0.15, 0.2) is 5.65 Å². The van der Waals surface area contributed by atoms with E-state index in [9.17, 15) is 0 Å². The van der Waals surface area contributed by atoms with E-state index in [0.717, 1.165) is 5.69 Å². The molecule has 0 amide bonds. The van der Waals surface area contributed by atoms with Gasteiger partial charge in [0.1, 0.15) is 11.6 Å². The minimum atomic E-state index is 0.417. The molecule has 2 aromatic heterocycles. The zero-order valence-corrected chi connectivity index (χ0v) is 6.65. The normalized spacial score (nSPS) is 10.8. The van der Waals surface area contributed by atoms with Crippen LogP contribution in [0.25, 0.3) is 5.65 Å². The quantitative estimate of drug-likeness (QED) is 0.581. The number of nitrogens with zero attached hydrogens (tertiary/aromatic N) is 3. The molecule has 5 nitrogen and oxygen atoms in total. The average Bonchev–Trinajstić information content (AvgIpc) is 2.29. The molecule has 2 heterocycles. The van der Waals surface area contributed by atoms with Gasteiger partial charge in [-0.1, -0.05) is 0 Å². The monoisotopic (exact) mass is 163 g/mol. The summed E-state index contributed by atoms with van der Waals surface area (Å²) in [7, 11) is 0. The molecule has 0 spiro atoms. The van der Waals surface area contributed by atoms with Crippen molar-refractivity contribution in [2.24, 2.45) is 0 Å². The molecule has 12 heavy (non-hydrogen) atoms. The van der Waals surface area contributed by atoms with E-state index in [2.05, 4.69) is 10.1 Å². The third-order valence-electron chi connectivity index (χ3n) is 1.60. The van der Waals surface area contributed by atoms with Gasteiger partial charge in [0.25, 0.3) is 0 Å². The molecule has 0 radical (unpaired) electrons. The molecule has 0 aliphatic heterocycles. The van der Waals surface area contributed by atoms with E-state index in [0.29, 0.717) is 17.3 Å². The van der Waals surface area contributed by atoms with Crippen LogP contribution in [0.2, 0.25) is 0 Å². The molecular formula is C7H9N5. The first-order valence-electron chi connectivity index (χ1n) is 3.55. The van der Waals surface area contributed by atoms with Crippen LogP contribution in [-0.2, 0) is 0 Å². The van der Waals surface area contributed by atoms with Crippen molar-refractivity contribution in [2.75, 3.05) is 11.5 Å². The van der Waals surface area contributed by atoms with Crippen molar-refractivity contribution in [3.05, 3.63) is 17.8 Å². The lowest BCUT2D eigenvalue weighted by atomic mass is 10.5. The van der Waals surface area contributed by atoms with Crippen molar-refractivity contribution in [3.63, 3.8) is 0 Å². The highest BCUT2D eigenvalue weighted by molar-refractivity contribution is 5.53. The van der Waals surface area contributed by atoms with Crippen molar-refractivity contribution < 1.29 is 0 Å². The van der Waals surface area contributed by atoms with Crippen molar-refractivity contribution >= 4 is 17.3 Å². The Labute approximate surface area is 69.0 Å². The Morgan fingerprint density at radius 2 is 2.08 bits per heavy atom. The summed E-state index contributed by atoms with van der Waals surface area (Å²) >= 11 is 0. The molecule has 0 aliphatic carbocycles. The number of hydrogen-bond acceptors (Lipinski definition) is 4. The minimum absolute atomic E-state index is 0.417. The first kappa shape index (κ1) is 6.90. The van der Waals surface area contributed by atoms with Gasteiger partial charge >= 0.3 is 0 Å². The van der Waals surface area contributed by atoms with Crippen LogP contribution in [0, 0.1) is 6.92 Å². The van der Waals surface area contributed by atoms with Crippen molar-refractivity contribution in [1.82, 2.24) is 14.6 Å². The maximum Gasteiger partial charge on any atom is 0.159 e. The Bertz CT molecular complexity index is 431. The lowest BCUT2D eigenvalue weighted by Crippen LogP contribution is -2.02. The maximum absolute atomic E-state index is 5.65. The summed E-state index contributed by atoms with van der Waals surface area (Å²) in [6.45, 7) is 1.88. The van der Waals surface area contributed by atoms with Crippen molar-refractivity contribution in [1.29, 1.82) is 0 Å². The Morgan fingerprint density at radius 1 is 1.33 bits per heavy atom. The van der Waals surface area contributed by atoms with Gasteiger partial charge in [0, 0.05) is 12.1 Å². The highest BCUT2D eigenvalue weighted by Gasteiger charge is 2.02. The zero-order chi connectivity index (χ0) is 8.72. The van der Waals surface area contributed by atoms with Gasteiger partial charge in [0.2, 0.25) is 0 Å². The fourth-order valence-corrected chi connectivity index (χ4v) is 1.13. The van der Waals surface area contributed by atoms with E-state index in [-0.39, 0.29) is 0 Å². The van der Waals surface area contributed by atoms with E-state index < -0.39 is 0 Å². The number of aryl methyl sites for hydroxylation is 1. The SMILES string of the molecule is Cc1cc2nc(N)cc(N)n2n1. The molecule has 0 unspecified atom stereocenters. The molecule has 0 saturated carbocycles. The molecule has 0 fully saturated rings. The van der Waals surface area contributed by atoms with Gasteiger partial charge in [0.05, 0.1) is 5.69 Å². The molecule has 0 aromatic carbocycles. The highest BCUT2D eigenvalue weighted by Crippen LogP contribution is 2.11. The fourth-order valence-electron chi connectivity index (χ4n) is 1.13. The molecule has 4 N–H and O–H groups in total. The molecule has 2 rings (SSSR count). The summed E-state index contributed by atoms with van der Waals surface area (Å²) in [5.74, 6) is 0.922. The van der Waals surface area contributed by atoms with Crippen LogP contribution in [0.4, 0.5) is 11.6 Å². The van der Waals surface area contributed by atoms with Gasteiger partial charge < -0.3 is 11.5 Å². The predicted molar refractivity (Wildman–Crippen MR) is 46.5 cm³/mol. The molecule has 0 saturated heterocycles. The number of hydrogen-bond donors (Lipinski definition) is 2. The third kappa shape index (κ3) is 0.868. The van der Waals surface area contributed by atoms with E-state index in [4.69, 9.17) is 11.5 Å². The second kappa shape index (κ2) is 2.10. The molecule has 0 atom stereocenters. The van der Waals surface area contributed by atoms with Crippen molar-refractivity contribution in [3.8, 4) is 0 Å². The Kier molecular flexibility index (Phi) is 1.21. The van der Waals surface area contributed by atoms with Crippen LogP contribution < -0.4 is 11.5 Å². The Hall–Kier alpha value is -1.78. The summed E-state index contributed by atoms with van der Waals surface area (Å²) < 4.78 is 1.56. The number of nitrogens with two attached hydrogens (primary N) is 2. The fraction of sp³-hybridized carbons (Fsp3) is 0.143. The summed E-state index contributed by atoms with van der Waals surface area (Å²) in [6, 6.07) is 3.41. The Balaban J connectivity index is 2.88. The standard InChI is InChI=1S/C7H9N5/c1-4-2-7-10-5(8)3-6(9)12(7)11-4/h2-3H,9H2,1H3,(H2,8,10). The summed E-state index contributed by atoms with van der Waals surface area (Å²) in [4.78, 5) is 4.06. The van der Waals surface area contributed by atoms with E-state index in [1.165, 1.54) is 0 Å². The van der Waals surface area contributed by atoms with Crippen LogP contribution >= 0.6 is 0 Å². The van der Waals surface area contributed by atoms with Crippen LogP contribution in [0.15, 0.2) is 12.1 Å². The van der Waals surface area contributed by atoms with Gasteiger partial charge in [-0.05, 0) is 6.92 Å². The third-order valence-corrected chi connectivity index (χ3v) is 1.60. The summed E-state index contributed by atoms with van der Waals surface area (Å²) in [5.41, 5.74) is 12.7. The summed E-state index contributed by atoms with van der Waals surface area (Å²) in [6.07, 6.45) is 0. The number of aromatic nitrogens is 3.